The fourth-order valence-electron chi connectivity index (χ4n) is 0.849. The number of rotatable bonds is 3. The van der Waals surface area contributed by atoms with Gasteiger partial charge in [0.15, 0.2) is 0 Å². The number of nitrogens with zero attached hydrogens (tertiary/aromatic N) is 1. The van der Waals surface area contributed by atoms with Crippen LogP contribution in [0.3, 0.4) is 0 Å². The number of hydrogen-bond donors (Lipinski definition) is 1. The molecular weight excluding hydrogens is 242 g/mol. The second-order valence-electron chi connectivity index (χ2n) is 2.43. The number of imide groups is 1. The van der Waals surface area contributed by atoms with Crippen molar-refractivity contribution >= 4 is 33.7 Å². The predicted molar refractivity (Wildman–Crippen MR) is 46.2 cm³/mol. The molecule has 13 heavy (non-hydrogen) atoms. The fraction of sp³-hybridized carbons (Fsp3) is 0.286. The first-order chi connectivity index (χ1) is 6.02. The Hall–Kier alpha value is -1.17. The third-order valence-electron chi connectivity index (χ3n) is 1.51. The molecule has 1 aliphatic heterocycles. The summed E-state index contributed by atoms with van der Waals surface area (Å²) in [4.78, 5) is 32.2. The van der Waals surface area contributed by atoms with Crippen LogP contribution in [-0.4, -0.2) is 39.2 Å². The van der Waals surface area contributed by atoms with Gasteiger partial charge in [0, 0.05) is 12.2 Å². The Morgan fingerprint density at radius 3 is 2.31 bits per heavy atom. The van der Waals surface area contributed by atoms with Crippen LogP contribution in [0.25, 0.3) is 0 Å². The molecule has 5 nitrogen and oxygen atoms in total. The first-order valence-electron chi connectivity index (χ1n) is 3.43. The normalized spacial score (nSPS) is 18.1. The second-order valence-corrected chi connectivity index (χ2v) is 3.53. The number of hydrogen-bond acceptors (Lipinski definition) is 3. The number of aliphatic carboxylic acids is 1. The smallest absolute Gasteiger partial charge is 0.319 e. The van der Waals surface area contributed by atoms with Gasteiger partial charge in [-0.05, 0) is 0 Å². The van der Waals surface area contributed by atoms with E-state index in [1.54, 1.807) is 0 Å². The molecule has 1 rings (SSSR count). The van der Waals surface area contributed by atoms with Gasteiger partial charge in [-0.1, -0.05) is 15.9 Å². The second kappa shape index (κ2) is 3.69. The van der Waals surface area contributed by atoms with Gasteiger partial charge in [0.1, 0.15) is 4.83 Å². The monoisotopic (exact) mass is 247 g/mol. The van der Waals surface area contributed by atoms with Crippen LogP contribution in [0.1, 0.15) is 0 Å². The molecule has 0 aromatic rings. The van der Waals surface area contributed by atoms with Crippen LogP contribution >= 0.6 is 15.9 Å². The lowest BCUT2D eigenvalue weighted by Gasteiger charge is -2.14. The van der Waals surface area contributed by atoms with Crippen LogP contribution in [0, 0.1) is 0 Å². The molecule has 0 saturated heterocycles. The molecule has 1 atom stereocenters. The van der Waals surface area contributed by atoms with Gasteiger partial charge in [-0.15, -0.1) is 0 Å². The topological polar surface area (TPSA) is 74.7 Å². The molecule has 0 aromatic carbocycles. The first kappa shape index (κ1) is 9.91. The highest BCUT2D eigenvalue weighted by Gasteiger charge is 2.27. The largest absolute Gasteiger partial charge is 0.480 e. The molecule has 0 spiro atoms. The summed E-state index contributed by atoms with van der Waals surface area (Å²) in [5.74, 6) is -2.06. The number of carboxylic acids is 1. The zero-order valence-electron chi connectivity index (χ0n) is 6.44. The summed E-state index contributed by atoms with van der Waals surface area (Å²) in [6.07, 6.45) is 2.23. The summed E-state index contributed by atoms with van der Waals surface area (Å²) < 4.78 is 0. The molecule has 0 bridgehead atoms. The highest BCUT2D eigenvalue weighted by Crippen LogP contribution is 2.08. The summed E-state index contributed by atoms with van der Waals surface area (Å²) in [6.45, 7) is -0.153. The summed E-state index contributed by atoms with van der Waals surface area (Å²) >= 11 is 2.83. The number of carboxylic acid groups (broad SMARTS) is 1. The van der Waals surface area contributed by atoms with Crippen LogP contribution in [0.4, 0.5) is 0 Å². The molecule has 2 amide bonds. The highest BCUT2D eigenvalue weighted by atomic mass is 79.9. The molecule has 0 aliphatic carbocycles. The SMILES string of the molecule is O=C(O)C(Br)CN1C(=O)C=CC1=O. The molecular formula is C7H6BrNO4. The minimum atomic E-state index is -1.10. The van der Waals surface area contributed by atoms with E-state index < -0.39 is 22.6 Å². The average molecular weight is 248 g/mol. The molecule has 1 unspecified atom stereocenters. The van der Waals surface area contributed by atoms with Crippen molar-refractivity contribution in [2.24, 2.45) is 0 Å². The van der Waals surface area contributed by atoms with Gasteiger partial charge in [0.05, 0.1) is 6.54 Å². The third-order valence-corrected chi connectivity index (χ3v) is 2.19. The summed E-state index contributed by atoms with van der Waals surface area (Å²) in [6, 6.07) is 0. The molecule has 70 valence electrons. The van der Waals surface area contributed by atoms with Crippen LogP contribution in [-0.2, 0) is 14.4 Å². The Bertz CT molecular complexity index is 281. The molecule has 0 radical (unpaired) electrons. The summed E-state index contributed by atoms with van der Waals surface area (Å²) in [5, 5.41) is 8.50. The standard InChI is InChI=1S/C7H6BrNO4/c8-4(7(12)13)3-9-5(10)1-2-6(9)11/h1-2,4H,3H2,(H,12,13). The van der Waals surface area contributed by atoms with E-state index in [2.05, 4.69) is 15.9 Å². The van der Waals surface area contributed by atoms with Crippen molar-refractivity contribution in [2.75, 3.05) is 6.54 Å². The zero-order chi connectivity index (χ0) is 10.0. The summed E-state index contributed by atoms with van der Waals surface area (Å²) in [5.41, 5.74) is 0. The quantitative estimate of drug-likeness (QED) is 0.552. The van der Waals surface area contributed by atoms with E-state index in [9.17, 15) is 14.4 Å². The van der Waals surface area contributed by atoms with Crippen LogP contribution < -0.4 is 0 Å². The van der Waals surface area contributed by atoms with Crippen molar-refractivity contribution in [1.29, 1.82) is 0 Å². The van der Waals surface area contributed by atoms with E-state index in [4.69, 9.17) is 5.11 Å². The summed E-state index contributed by atoms with van der Waals surface area (Å²) in [7, 11) is 0. The van der Waals surface area contributed by atoms with Crippen molar-refractivity contribution in [2.45, 2.75) is 4.83 Å². The lowest BCUT2D eigenvalue weighted by Crippen LogP contribution is -2.37. The Kier molecular flexibility index (Phi) is 2.82. The van der Waals surface area contributed by atoms with Crippen molar-refractivity contribution < 1.29 is 19.5 Å². The zero-order valence-corrected chi connectivity index (χ0v) is 8.02. The van der Waals surface area contributed by atoms with E-state index in [-0.39, 0.29) is 6.54 Å². The fourth-order valence-corrected chi connectivity index (χ4v) is 1.14. The average Bonchev–Trinajstić information content (AvgIpc) is 2.35. The van der Waals surface area contributed by atoms with Gasteiger partial charge in [0.2, 0.25) is 0 Å². The van der Waals surface area contributed by atoms with Gasteiger partial charge >= 0.3 is 5.97 Å². The molecule has 1 heterocycles. The van der Waals surface area contributed by atoms with Crippen LogP contribution in [0.5, 0.6) is 0 Å². The molecule has 0 fully saturated rings. The Balaban J connectivity index is 2.60. The third kappa shape index (κ3) is 2.15. The van der Waals surface area contributed by atoms with E-state index in [0.717, 1.165) is 17.1 Å². The van der Waals surface area contributed by atoms with Gasteiger partial charge in [-0.25, -0.2) is 0 Å². The number of amides is 2. The lowest BCUT2D eigenvalue weighted by molar-refractivity contribution is -0.139. The number of carbonyl (C=O) groups is 3. The van der Waals surface area contributed by atoms with E-state index >= 15 is 0 Å². The lowest BCUT2D eigenvalue weighted by atomic mass is 10.4. The van der Waals surface area contributed by atoms with E-state index in [1.165, 1.54) is 0 Å². The van der Waals surface area contributed by atoms with E-state index in [0.29, 0.717) is 0 Å². The van der Waals surface area contributed by atoms with Gasteiger partial charge < -0.3 is 5.11 Å². The Morgan fingerprint density at radius 1 is 1.46 bits per heavy atom. The van der Waals surface area contributed by atoms with Crippen molar-refractivity contribution in [3.63, 3.8) is 0 Å². The van der Waals surface area contributed by atoms with Crippen LogP contribution in [0.15, 0.2) is 12.2 Å². The predicted octanol–water partition coefficient (Wildman–Crippen LogP) is -0.240. The highest BCUT2D eigenvalue weighted by molar-refractivity contribution is 9.10. The van der Waals surface area contributed by atoms with Crippen molar-refractivity contribution in [3.05, 3.63) is 12.2 Å². The van der Waals surface area contributed by atoms with Gasteiger partial charge in [-0.2, -0.15) is 0 Å². The number of alkyl halides is 1. The molecule has 1 aliphatic rings. The van der Waals surface area contributed by atoms with Crippen molar-refractivity contribution in [3.8, 4) is 0 Å². The minimum Gasteiger partial charge on any atom is -0.480 e. The van der Waals surface area contributed by atoms with E-state index in [1.807, 2.05) is 0 Å². The maximum atomic E-state index is 10.9. The molecule has 6 heteroatoms. The molecule has 0 saturated carbocycles. The first-order valence-corrected chi connectivity index (χ1v) is 4.34. The Morgan fingerprint density at radius 2 is 1.92 bits per heavy atom. The van der Waals surface area contributed by atoms with Crippen molar-refractivity contribution in [1.82, 2.24) is 4.90 Å². The maximum absolute atomic E-state index is 10.9. The van der Waals surface area contributed by atoms with Gasteiger partial charge in [0.25, 0.3) is 11.8 Å². The minimum absolute atomic E-state index is 0.153. The molecule has 1 N–H and O–H groups in total. The van der Waals surface area contributed by atoms with Gasteiger partial charge in [-0.3, -0.25) is 19.3 Å². The molecule has 0 aromatic heterocycles. The number of carbonyl (C=O) groups excluding carboxylic acids is 2. The number of halogens is 1. The Labute approximate surface area is 82.1 Å². The van der Waals surface area contributed by atoms with Crippen LogP contribution in [0.2, 0.25) is 0 Å². The maximum Gasteiger partial charge on any atom is 0.319 e.